The van der Waals surface area contributed by atoms with Crippen molar-refractivity contribution in [1.29, 1.82) is 0 Å². The van der Waals surface area contributed by atoms with Crippen LogP contribution in [0.15, 0.2) is 86.4 Å². The summed E-state index contributed by atoms with van der Waals surface area (Å²) >= 11 is 12.7. The number of hydrogen-bond acceptors (Lipinski definition) is 5. The molecule has 0 atom stereocenters. The van der Waals surface area contributed by atoms with E-state index in [1.807, 2.05) is 31.2 Å². The number of esters is 2. The zero-order valence-corrected chi connectivity index (χ0v) is 21.6. The van der Waals surface area contributed by atoms with E-state index in [-0.39, 0.29) is 17.3 Å². The first kappa shape index (κ1) is 24.1. The molecular formula is C26H16Br2ClNO4. The van der Waals surface area contributed by atoms with Crippen LogP contribution in [0.3, 0.4) is 0 Å². The Labute approximate surface area is 218 Å². The molecule has 5 nitrogen and oxygen atoms in total. The number of cyclic esters (lactones) is 1. The van der Waals surface area contributed by atoms with Crippen LogP contribution in [-0.4, -0.2) is 17.8 Å². The molecule has 1 aliphatic heterocycles. The topological polar surface area (TPSA) is 65.0 Å². The van der Waals surface area contributed by atoms with E-state index in [1.54, 1.807) is 42.5 Å². The van der Waals surface area contributed by atoms with E-state index in [0.29, 0.717) is 20.6 Å². The number of ether oxygens (including phenoxy) is 2. The van der Waals surface area contributed by atoms with E-state index in [4.69, 9.17) is 21.1 Å². The van der Waals surface area contributed by atoms with Crippen LogP contribution in [0.25, 0.3) is 12.2 Å². The van der Waals surface area contributed by atoms with Gasteiger partial charge in [-0.1, -0.05) is 57.4 Å². The molecule has 34 heavy (non-hydrogen) atoms. The van der Waals surface area contributed by atoms with E-state index in [0.717, 1.165) is 15.6 Å². The van der Waals surface area contributed by atoms with Gasteiger partial charge in [0.2, 0.25) is 5.90 Å². The zero-order valence-electron chi connectivity index (χ0n) is 17.7. The maximum atomic E-state index is 12.5. The van der Waals surface area contributed by atoms with Crippen LogP contribution in [0.5, 0.6) is 5.75 Å². The Morgan fingerprint density at radius 3 is 2.59 bits per heavy atom. The number of hydrogen-bond donors (Lipinski definition) is 0. The monoisotopic (exact) mass is 599 g/mol. The molecule has 0 bridgehead atoms. The standard InChI is InChI=1S/C26H16Br2ClNO4/c1-15-3-2-4-17(11-15)25-30-22(26(32)34-25)13-18-12-19(27)14-21(28)24(18)33-23(31)10-7-16-5-8-20(29)9-6-16/h2-14H,1H3/b10-7+,22-13-. The fourth-order valence-electron chi connectivity index (χ4n) is 3.13. The van der Waals surface area contributed by atoms with Crippen LogP contribution in [0.2, 0.25) is 5.02 Å². The van der Waals surface area contributed by atoms with Crippen molar-refractivity contribution < 1.29 is 19.1 Å². The first-order chi connectivity index (χ1) is 16.3. The highest BCUT2D eigenvalue weighted by molar-refractivity contribution is 9.11. The van der Waals surface area contributed by atoms with Crippen LogP contribution >= 0.6 is 43.5 Å². The second-order valence-corrected chi connectivity index (χ2v) is 9.52. The molecule has 3 aromatic carbocycles. The van der Waals surface area contributed by atoms with Gasteiger partial charge >= 0.3 is 11.9 Å². The zero-order chi connectivity index (χ0) is 24.2. The summed E-state index contributed by atoms with van der Waals surface area (Å²) in [6, 6.07) is 18.0. The minimum Gasteiger partial charge on any atom is -0.422 e. The lowest BCUT2D eigenvalue weighted by molar-refractivity contribution is -0.130. The molecule has 0 spiro atoms. The number of nitrogens with zero attached hydrogens (tertiary/aromatic N) is 1. The fourth-order valence-corrected chi connectivity index (χ4v) is 4.59. The Morgan fingerprint density at radius 2 is 1.85 bits per heavy atom. The van der Waals surface area contributed by atoms with Gasteiger partial charge in [-0.25, -0.2) is 14.6 Å². The Hall–Kier alpha value is -3.00. The highest BCUT2D eigenvalue weighted by Crippen LogP contribution is 2.35. The van der Waals surface area contributed by atoms with E-state index in [1.165, 1.54) is 12.2 Å². The summed E-state index contributed by atoms with van der Waals surface area (Å²) < 4.78 is 12.2. The summed E-state index contributed by atoms with van der Waals surface area (Å²) in [6.07, 6.45) is 4.45. The molecule has 0 fully saturated rings. The van der Waals surface area contributed by atoms with Crippen LogP contribution in [-0.2, 0) is 14.3 Å². The number of benzene rings is 3. The second-order valence-electron chi connectivity index (χ2n) is 7.32. The number of aliphatic imine (C=N–C) groups is 1. The summed E-state index contributed by atoms with van der Waals surface area (Å²) in [5.41, 5.74) is 3.08. The highest BCUT2D eigenvalue weighted by atomic mass is 79.9. The number of halogens is 3. The Bertz CT molecular complexity index is 1380. The lowest BCUT2D eigenvalue weighted by Gasteiger charge is -2.09. The molecule has 0 aromatic heterocycles. The van der Waals surface area contributed by atoms with Crippen molar-refractivity contribution in [3.63, 3.8) is 0 Å². The van der Waals surface area contributed by atoms with Crippen LogP contribution in [0, 0.1) is 6.92 Å². The van der Waals surface area contributed by atoms with Crippen molar-refractivity contribution in [3.05, 3.63) is 109 Å². The molecule has 0 saturated carbocycles. The van der Waals surface area contributed by atoms with Gasteiger partial charge in [0, 0.05) is 26.7 Å². The summed E-state index contributed by atoms with van der Waals surface area (Å²) in [6.45, 7) is 1.94. The Morgan fingerprint density at radius 1 is 1.09 bits per heavy atom. The quantitative estimate of drug-likeness (QED) is 0.177. The molecule has 170 valence electrons. The third kappa shape index (κ3) is 5.91. The van der Waals surface area contributed by atoms with Gasteiger partial charge in [0.1, 0.15) is 0 Å². The van der Waals surface area contributed by atoms with Crippen molar-refractivity contribution >= 4 is 73.4 Å². The predicted octanol–water partition coefficient (Wildman–Crippen LogP) is 7.14. The van der Waals surface area contributed by atoms with Gasteiger partial charge in [0.05, 0.1) is 4.47 Å². The van der Waals surface area contributed by atoms with Gasteiger partial charge in [0.15, 0.2) is 11.4 Å². The van der Waals surface area contributed by atoms with Gasteiger partial charge in [-0.05, 0) is 77.0 Å². The molecule has 8 heteroatoms. The summed E-state index contributed by atoms with van der Waals surface area (Å²) in [5, 5.41) is 0.606. The predicted molar refractivity (Wildman–Crippen MR) is 140 cm³/mol. The Balaban J connectivity index is 1.62. The average molecular weight is 602 g/mol. The molecule has 0 amide bonds. The van der Waals surface area contributed by atoms with Gasteiger partial charge in [0.25, 0.3) is 0 Å². The van der Waals surface area contributed by atoms with Crippen molar-refractivity contribution in [1.82, 2.24) is 0 Å². The number of carbonyl (C=O) groups excluding carboxylic acids is 2. The average Bonchev–Trinajstić information content (AvgIpc) is 3.16. The molecule has 4 rings (SSSR count). The largest absolute Gasteiger partial charge is 0.422 e. The molecular weight excluding hydrogens is 586 g/mol. The van der Waals surface area contributed by atoms with Gasteiger partial charge < -0.3 is 9.47 Å². The first-order valence-corrected chi connectivity index (χ1v) is 12.0. The third-order valence-electron chi connectivity index (χ3n) is 4.70. The van der Waals surface area contributed by atoms with Gasteiger partial charge in [-0.15, -0.1) is 0 Å². The molecule has 3 aromatic rings. The number of aryl methyl sites for hydroxylation is 1. The summed E-state index contributed by atoms with van der Waals surface area (Å²) in [4.78, 5) is 29.3. The van der Waals surface area contributed by atoms with E-state index in [9.17, 15) is 9.59 Å². The molecule has 0 aliphatic carbocycles. The maximum Gasteiger partial charge on any atom is 0.363 e. The summed E-state index contributed by atoms with van der Waals surface area (Å²) in [5.74, 6) is -0.713. The van der Waals surface area contributed by atoms with E-state index >= 15 is 0 Å². The van der Waals surface area contributed by atoms with Crippen molar-refractivity contribution in [3.8, 4) is 5.75 Å². The smallest absolute Gasteiger partial charge is 0.363 e. The lowest BCUT2D eigenvalue weighted by atomic mass is 10.1. The summed E-state index contributed by atoms with van der Waals surface area (Å²) in [7, 11) is 0. The minimum absolute atomic E-state index is 0.0931. The molecule has 1 heterocycles. The lowest BCUT2D eigenvalue weighted by Crippen LogP contribution is -2.06. The third-order valence-corrected chi connectivity index (χ3v) is 6.00. The van der Waals surface area contributed by atoms with Crippen molar-refractivity contribution in [2.75, 3.05) is 0 Å². The molecule has 0 saturated heterocycles. The van der Waals surface area contributed by atoms with Crippen LogP contribution in [0.4, 0.5) is 0 Å². The molecule has 1 aliphatic rings. The number of rotatable bonds is 5. The van der Waals surface area contributed by atoms with Crippen LogP contribution < -0.4 is 4.74 Å². The van der Waals surface area contributed by atoms with Crippen molar-refractivity contribution in [2.45, 2.75) is 6.92 Å². The Kier molecular flexibility index (Phi) is 7.46. The minimum atomic E-state index is -0.590. The molecule has 0 N–H and O–H groups in total. The van der Waals surface area contributed by atoms with Gasteiger partial charge in [-0.3, -0.25) is 0 Å². The maximum absolute atomic E-state index is 12.5. The normalized spacial score (nSPS) is 14.4. The SMILES string of the molecule is Cc1cccc(C2=N/C(=C\c3cc(Br)cc(Br)c3OC(=O)/C=C/c3ccc(Cl)cc3)C(=O)O2)c1. The second kappa shape index (κ2) is 10.5. The van der Waals surface area contributed by atoms with Crippen molar-refractivity contribution in [2.24, 2.45) is 4.99 Å². The fraction of sp³-hybridized carbons (Fsp3) is 0.0385. The van der Waals surface area contributed by atoms with Crippen LogP contribution in [0.1, 0.15) is 22.3 Å². The number of carbonyl (C=O) groups is 2. The van der Waals surface area contributed by atoms with E-state index in [2.05, 4.69) is 36.9 Å². The first-order valence-electron chi connectivity index (χ1n) is 10.0. The van der Waals surface area contributed by atoms with E-state index < -0.39 is 11.9 Å². The highest BCUT2D eigenvalue weighted by Gasteiger charge is 2.25. The molecule has 0 unspecified atom stereocenters. The molecule has 0 radical (unpaired) electrons. The van der Waals surface area contributed by atoms with Gasteiger partial charge in [-0.2, -0.15) is 0 Å².